The summed E-state index contributed by atoms with van der Waals surface area (Å²) in [5.74, 6) is -0.114. The second-order valence-corrected chi connectivity index (χ2v) is 6.71. The Balaban J connectivity index is 1.71. The highest BCUT2D eigenvalue weighted by Crippen LogP contribution is 2.32. The van der Waals surface area contributed by atoms with E-state index in [1.807, 2.05) is 6.92 Å². The Morgan fingerprint density at radius 3 is 2.48 bits per heavy atom. The second kappa shape index (κ2) is 7.56. The van der Waals surface area contributed by atoms with E-state index in [1.54, 1.807) is 0 Å². The molecule has 0 bridgehead atoms. The van der Waals surface area contributed by atoms with Crippen molar-refractivity contribution in [3.05, 3.63) is 0 Å². The number of nitrogens with zero attached hydrogens (tertiary/aromatic N) is 1. The number of nitrogens with one attached hydrogen (secondary N) is 1. The highest BCUT2D eigenvalue weighted by Gasteiger charge is 2.36. The molecule has 0 unspecified atom stereocenters. The molecule has 21 heavy (non-hydrogen) atoms. The predicted molar refractivity (Wildman–Crippen MR) is 82.1 cm³/mol. The average Bonchev–Trinajstić information content (AvgIpc) is 2.48. The zero-order chi connectivity index (χ0) is 15.3. The largest absolute Gasteiger partial charge is 0.466 e. The molecule has 5 nitrogen and oxygen atoms in total. The monoisotopic (exact) mass is 298 g/mol. The lowest BCUT2D eigenvalue weighted by atomic mass is 9.78. The van der Waals surface area contributed by atoms with Gasteiger partial charge in [0.15, 0.2) is 0 Å². The van der Waals surface area contributed by atoms with Gasteiger partial charge in [-0.2, -0.15) is 0 Å². The molecule has 2 rings (SSSR count). The summed E-state index contributed by atoms with van der Waals surface area (Å²) >= 11 is 0. The number of ether oxygens (including phenoxy) is 1. The maximum Gasteiger partial charge on any atom is 0.308 e. The van der Waals surface area contributed by atoms with Crippen LogP contribution in [0.2, 0.25) is 0 Å². The highest BCUT2D eigenvalue weighted by atomic mass is 16.5. The molecule has 2 aliphatic rings. The lowest BCUT2D eigenvalue weighted by molar-refractivity contribution is -0.151. The zero-order valence-electron chi connectivity index (χ0n) is 13.4. The van der Waals surface area contributed by atoms with E-state index in [-0.39, 0.29) is 11.9 Å². The number of hydrogen-bond acceptors (Lipinski definition) is 5. The number of likely N-dealkylation sites (tertiary alicyclic amines) is 1. The fourth-order valence-corrected chi connectivity index (χ4v) is 3.37. The van der Waals surface area contributed by atoms with Crippen LogP contribution >= 0.6 is 0 Å². The molecule has 2 N–H and O–H groups in total. The molecule has 1 heterocycles. The smallest absolute Gasteiger partial charge is 0.308 e. The van der Waals surface area contributed by atoms with E-state index in [9.17, 15) is 9.90 Å². The van der Waals surface area contributed by atoms with E-state index in [0.29, 0.717) is 32.0 Å². The van der Waals surface area contributed by atoms with Gasteiger partial charge in [0, 0.05) is 12.6 Å². The lowest BCUT2D eigenvalue weighted by Gasteiger charge is -2.37. The molecule has 0 radical (unpaired) electrons. The minimum Gasteiger partial charge on any atom is -0.466 e. The van der Waals surface area contributed by atoms with Crippen LogP contribution in [0, 0.1) is 5.92 Å². The first-order valence-electron chi connectivity index (χ1n) is 8.33. The average molecular weight is 298 g/mol. The second-order valence-electron chi connectivity index (χ2n) is 6.71. The van der Waals surface area contributed by atoms with E-state index in [4.69, 9.17) is 4.74 Å². The van der Waals surface area contributed by atoms with Crippen molar-refractivity contribution < 1.29 is 14.6 Å². The molecule has 0 amide bonds. The van der Waals surface area contributed by atoms with Gasteiger partial charge in [0.2, 0.25) is 0 Å². The van der Waals surface area contributed by atoms with Crippen LogP contribution in [0.25, 0.3) is 0 Å². The Kier molecular flexibility index (Phi) is 6.02. The van der Waals surface area contributed by atoms with Crippen molar-refractivity contribution in [2.75, 3.05) is 33.3 Å². The molecule has 122 valence electrons. The van der Waals surface area contributed by atoms with Gasteiger partial charge < -0.3 is 20.1 Å². The standard InChI is InChI=1S/C16H30N2O3/c1-3-21-15(19)13-4-8-16(20,9-5-13)12-17-14-6-10-18(2)11-7-14/h13-14,17,20H,3-12H2,1-2H3. The van der Waals surface area contributed by atoms with Crippen LogP contribution in [-0.4, -0.2) is 60.9 Å². The first kappa shape index (κ1) is 16.7. The topological polar surface area (TPSA) is 61.8 Å². The van der Waals surface area contributed by atoms with E-state index in [2.05, 4.69) is 17.3 Å². The van der Waals surface area contributed by atoms with E-state index in [1.165, 1.54) is 0 Å². The number of esters is 1. The van der Waals surface area contributed by atoms with Crippen LogP contribution in [0.15, 0.2) is 0 Å². The fraction of sp³-hybridized carbons (Fsp3) is 0.938. The molecular formula is C16H30N2O3. The van der Waals surface area contributed by atoms with Crippen LogP contribution in [0.3, 0.4) is 0 Å². The molecular weight excluding hydrogens is 268 g/mol. The summed E-state index contributed by atoms with van der Waals surface area (Å²) in [4.78, 5) is 14.1. The Bertz CT molecular complexity index is 332. The first-order chi connectivity index (χ1) is 10.0. The Labute approximate surface area is 128 Å². The molecule has 1 saturated heterocycles. The zero-order valence-corrected chi connectivity index (χ0v) is 13.4. The molecule has 0 aromatic rings. The van der Waals surface area contributed by atoms with Gasteiger partial charge in [-0.3, -0.25) is 4.79 Å². The first-order valence-corrected chi connectivity index (χ1v) is 8.33. The molecule has 1 aliphatic heterocycles. The number of rotatable bonds is 5. The molecule has 1 saturated carbocycles. The maximum atomic E-state index is 11.7. The minimum atomic E-state index is -0.646. The van der Waals surface area contributed by atoms with Gasteiger partial charge in [0.25, 0.3) is 0 Å². The molecule has 1 aliphatic carbocycles. The summed E-state index contributed by atoms with van der Waals surface area (Å²) in [6.07, 6.45) is 5.16. The summed E-state index contributed by atoms with van der Waals surface area (Å²) < 4.78 is 5.07. The van der Waals surface area contributed by atoms with Crippen LogP contribution in [0.4, 0.5) is 0 Å². The van der Waals surface area contributed by atoms with Crippen molar-refractivity contribution in [1.29, 1.82) is 0 Å². The van der Waals surface area contributed by atoms with Gasteiger partial charge >= 0.3 is 5.97 Å². The summed E-state index contributed by atoms with van der Waals surface area (Å²) in [5.41, 5.74) is -0.646. The molecule has 0 aromatic carbocycles. The molecule has 2 fully saturated rings. The van der Waals surface area contributed by atoms with Crippen LogP contribution in [0.1, 0.15) is 45.4 Å². The van der Waals surface area contributed by atoms with E-state index in [0.717, 1.165) is 38.8 Å². The molecule has 0 aromatic heterocycles. The minimum absolute atomic E-state index is 0.0199. The Hall–Kier alpha value is -0.650. The number of aliphatic hydroxyl groups is 1. The van der Waals surface area contributed by atoms with Crippen LogP contribution in [0.5, 0.6) is 0 Å². The highest BCUT2D eigenvalue weighted by molar-refractivity contribution is 5.72. The van der Waals surface area contributed by atoms with Crippen molar-refractivity contribution in [3.8, 4) is 0 Å². The third-order valence-electron chi connectivity index (χ3n) is 4.97. The normalized spacial score (nSPS) is 32.0. The number of piperidine rings is 1. The third kappa shape index (κ3) is 4.94. The van der Waals surface area contributed by atoms with Crippen LogP contribution in [-0.2, 0) is 9.53 Å². The van der Waals surface area contributed by atoms with Gasteiger partial charge in [-0.25, -0.2) is 0 Å². The van der Waals surface area contributed by atoms with E-state index >= 15 is 0 Å². The van der Waals surface area contributed by atoms with Crippen molar-refractivity contribution in [2.24, 2.45) is 5.92 Å². The van der Waals surface area contributed by atoms with E-state index < -0.39 is 5.60 Å². The van der Waals surface area contributed by atoms with Crippen molar-refractivity contribution in [3.63, 3.8) is 0 Å². The predicted octanol–water partition coefficient (Wildman–Crippen LogP) is 1.15. The Morgan fingerprint density at radius 2 is 1.90 bits per heavy atom. The number of carbonyl (C=O) groups excluding carboxylic acids is 1. The van der Waals surface area contributed by atoms with Gasteiger partial charge in [0.05, 0.1) is 18.1 Å². The number of carbonyl (C=O) groups is 1. The number of hydrogen-bond donors (Lipinski definition) is 2. The summed E-state index contributed by atoms with van der Waals surface area (Å²) in [6, 6.07) is 0.521. The van der Waals surface area contributed by atoms with Crippen molar-refractivity contribution >= 4 is 5.97 Å². The van der Waals surface area contributed by atoms with Crippen LogP contribution < -0.4 is 5.32 Å². The van der Waals surface area contributed by atoms with Gasteiger partial charge in [0.1, 0.15) is 0 Å². The van der Waals surface area contributed by atoms with Gasteiger partial charge in [-0.05, 0) is 65.6 Å². The molecule has 5 heteroatoms. The van der Waals surface area contributed by atoms with Gasteiger partial charge in [-0.1, -0.05) is 0 Å². The quantitative estimate of drug-likeness (QED) is 0.746. The lowest BCUT2D eigenvalue weighted by Crippen LogP contribution is -2.49. The van der Waals surface area contributed by atoms with Crippen molar-refractivity contribution in [2.45, 2.75) is 57.1 Å². The summed E-state index contributed by atoms with van der Waals surface area (Å²) in [6.45, 7) is 5.18. The summed E-state index contributed by atoms with van der Waals surface area (Å²) in [5, 5.41) is 14.2. The van der Waals surface area contributed by atoms with Gasteiger partial charge in [-0.15, -0.1) is 0 Å². The summed E-state index contributed by atoms with van der Waals surface area (Å²) in [7, 11) is 2.15. The third-order valence-corrected chi connectivity index (χ3v) is 4.97. The molecule has 0 atom stereocenters. The maximum absolute atomic E-state index is 11.7. The Morgan fingerprint density at radius 1 is 1.29 bits per heavy atom. The molecule has 0 spiro atoms. The fourth-order valence-electron chi connectivity index (χ4n) is 3.37. The SMILES string of the molecule is CCOC(=O)C1CCC(O)(CNC2CCN(C)CC2)CC1. The van der Waals surface area contributed by atoms with Crippen molar-refractivity contribution in [1.82, 2.24) is 10.2 Å².